The third-order valence-electron chi connectivity index (χ3n) is 3.48. The molecule has 0 radical (unpaired) electrons. The number of halogens is 1. The Hall–Kier alpha value is -1.81. The van der Waals surface area contributed by atoms with E-state index in [2.05, 4.69) is 28.2 Å². The topological polar surface area (TPSA) is 38.3 Å². The van der Waals surface area contributed by atoms with Gasteiger partial charge in [0.05, 0.1) is 11.1 Å². The maximum absolute atomic E-state index is 12.2. The average molecular weight is 376 g/mol. The third kappa shape index (κ3) is 5.71. The lowest BCUT2D eigenvalue weighted by Gasteiger charge is -2.10. The monoisotopic (exact) mass is 375 g/mol. The summed E-state index contributed by atoms with van der Waals surface area (Å²) < 4.78 is 6.56. The van der Waals surface area contributed by atoms with Crippen LogP contribution in [0.15, 0.2) is 53.0 Å². The molecule has 0 unspecified atom stereocenters. The lowest BCUT2D eigenvalue weighted by atomic mass is 10.2. The Bertz CT molecular complexity index is 629. The zero-order valence-electron chi connectivity index (χ0n) is 13.3. The first-order chi connectivity index (χ1) is 11.2. The first kappa shape index (κ1) is 17.5. The SMILES string of the molecule is CCCCCCOc1ccc(C(=O)Nc2ccccc2)cc1Br. The zero-order valence-corrected chi connectivity index (χ0v) is 14.9. The van der Waals surface area contributed by atoms with Gasteiger partial charge < -0.3 is 10.1 Å². The van der Waals surface area contributed by atoms with Crippen LogP contribution in [-0.2, 0) is 0 Å². The summed E-state index contributed by atoms with van der Waals surface area (Å²) in [6, 6.07) is 14.8. The summed E-state index contributed by atoms with van der Waals surface area (Å²) in [5.41, 5.74) is 1.38. The lowest BCUT2D eigenvalue weighted by Crippen LogP contribution is -2.11. The number of hydrogen-bond acceptors (Lipinski definition) is 2. The Morgan fingerprint density at radius 1 is 1.09 bits per heavy atom. The standard InChI is InChI=1S/C19H22BrNO2/c1-2-3-4-8-13-23-18-12-11-15(14-17(18)20)19(22)21-16-9-6-5-7-10-16/h5-7,9-12,14H,2-4,8,13H2,1H3,(H,21,22). The second-order valence-electron chi connectivity index (χ2n) is 5.37. The van der Waals surface area contributed by atoms with Crippen LogP contribution in [0, 0.1) is 0 Å². The fourth-order valence-electron chi connectivity index (χ4n) is 2.19. The van der Waals surface area contributed by atoms with Crippen molar-refractivity contribution in [3.8, 4) is 5.75 Å². The van der Waals surface area contributed by atoms with Gasteiger partial charge >= 0.3 is 0 Å². The van der Waals surface area contributed by atoms with E-state index >= 15 is 0 Å². The Balaban J connectivity index is 1.91. The minimum atomic E-state index is -0.133. The maximum Gasteiger partial charge on any atom is 0.255 e. The Morgan fingerprint density at radius 3 is 2.57 bits per heavy atom. The highest BCUT2D eigenvalue weighted by molar-refractivity contribution is 9.10. The second-order valence-corrected chi connectivity index (χ2v) is 6.23. The van der Waals surface area contributed by atoms with Gasteiger partial charge in [0.15, 0.2) is 0 Å². The molecule has 2 aromatic rings. The molecule has 0 aromatic heterocycles. The Labute approximate surface area is 146 Å². The van der Waals surface area contributed by atoms with Gasteiger partial charge in [-0.2, -0.15) is 0 Å². The van der Waals surface area contributed by atoms with E-state index < -0.39 is 0 Å². The van der Waals surface area contributed by atoms with Gasteiger partial charge in [-0.15, -0.1) is 0 Å². The molecule has 1 amide bonds. The number of benzene rings is 2. The molecule has 0 saturated carbocycles. The second kappa shape index (κ2) is 9.36. The van der Waals surface area contributed by atoms with Crippen LogP contribution in [0.3, 0.4) is 0 Å². The molecule has 3 nitrogen and oxygen atoms in total. The van der Waals surface area contributed by atoms with E-state index in [4.69, 9.17) is 4.74 Å². The van der Waals surface area contributed by atoms with Crippen LogP contribution in [0.25, 0.3) is 0 Å². The number of anilines is 1. The van der Waals surface area contributed by atoms with Crippen LogP contribution in [0.5, 0.6) is 5.75 Å². The van der Waals surface area contributed by atoms with Crippen molar-refractivity contribution in [2.45, 2.75) is 32.6 Å². The molecule has 122 valence electrons. The summed E-state index contributed by atoms with van der Waals surface area (Å²) in [5.74, 6) is 0.643. The summed E-state index contributed by atoms with van der Waals surface area (Å²) in [6.07, 6.45) is 4.69. The van der Waals surface area contributed by atoms with Gasteiger partial charge in [-0.25, -0.2) is 0 Å². The molecule has 0 fully saturated rings. The molecular formula is C19H22BrNO2. The first-order valence-electron chi connectivity index (χ1n) is 7.99. The van der Waals surface area contributed by atoms with E-state index in [1.54, 1.807) is 12.1 Å². The third-order valence-corrected chi connectivity index (χ3v) is 4.10. The van der Waals surface area contributed by atoms with Crippen LogP contribution < -0.4 is 10.1 Å². The number of para-hydroxylation sites is 1. The molecule has 2 rings (SSSR count). The number of hydrogen-bond donors (Lipinski definition) is 1. The lowest BCUT2D eigenvalue weighted by molar-refractivity contribution is 0.102. The summed E-state index contributed by atoms with van der Waals surface area (Å²) >= 11 is 3.48. The average Bonchev–Trinajstić information content (AvgIpc) is 2.56. The summed E-state index contributed by atoms with van der Waals surface area (Å²) in [5, 5.41) is 2.87. The molecular weight excluding hydrogens is 354 g/mol. The predicted octanol–water partition coefficient (Wildman–Crippen LogP) is 5.66. The molecule has 0 bridgehead atoms. The number of carbonyl (C=O) groups is 1. The largest absolute Gasteiger partial charge is 0.492 e. The van der Waals surface area contributed by atoms with Gasteiger partial charge in [-0.05, 0) is 52.7 Å². The fourth-order valence-corrected chi connectivity index (χ4v) is 2.69. The minimum absolute atomic E-state index is 0.133. The zero-order chi connectivity index (χ0) is 16.5. The van der Waals surface area contributed by atoms with Crippen LogP contribution >= 0.6 is 15.9 Å². The molecule has 1 N–H and O–H groups in total. The molecule has 0 heterocycles. The van der Waals surface area contributed by atoms with Crippen LogP contribution in [-0.4, -0.2) is 12.5 Å². The van der Waals surface area contributed by atoms with Crippen LogP contribution in [0.2, 0.25) is 0 Å². The van der Waals surface area contributed by atoms with E-state index in [9.17, 15) is 4.79 Å². The van der Waals surface area contributed by atoms with Gasteiger partial charge in [0.1, 0.15) is 5.75 Å². The molecule has 0 saturated heterocycles. The Kier molecular flexibility index (Phi) is 7.14. The quantitative estimate of drug-likeness (QED) is 0.604. The molecule has 2 aromatic carbocycles. The van der Waals surface area contributed by atoms with Gasteiger partial charge in [0.25, 0.3) is 5.91 Å². The Morgan fingerprint density at radius 2 is 1.87 bits per heavy atom. The molecule has 0 aliphatic heterocycles. The number of rotatable bonds is 8. The van der Waals surface area contributed by atoms with E-state index in [1.807, 2.05) is 36.4 Å². The van der Waals surface area contributed by atoms with Crippen LogP contribution in [0.1, 0.15) is 43.0 Å². The van der Waals surface area contributed by atoms with Crippen LogP contribution in [0.4, 0.5) is 5.69 Å². The van der Waals surface area contributed by atoms with Gasteiger partial charge in [0.2, 0.25) is 0 Å². The normalized spacial score (nSPS) is 10.3. The molecule has 0 spiro atoms. The van der Waals surface area contributed by atoms with Gasteiger partial charge in [-0.1, -0.05) is 44.4 Å². The molecule has 0 aliphatic carbocycles. The highest BCUT2D eigenvalue weighted by Gasteiger charge is 2.09. The summed E-state index contributed by atoms with van der Waals surface area (Å²) in [7, 11) is 0. The van der Waals surface area contributed by atoms with E-state index in [0.29, 0.717) is 12.2 Å². The number of carbonyl (C=O) groups excluding carboxylic acids is 1. The smallest absolute Gasteiger partial charge is 0.255 e. The highest BCUT2D eigenvalue weighted by atomic mass is 79.9. The number of ether oxygens (including phenoxy) is 1. The summed E-state index contributed by atoms with van der Waals surface area (Å²) in [6.45, 7) is 2.89. The van der Waals surface area contributed by atoms with E-state index in [1.165, 1.54) is 19.3 Å². The van der Waals surface area contributed by atoms with E-state index in [0.717, 1.165) is 22.3 Å². The highest BCUT2D eigenvalue weighted by Crippen LogP contribution is 2.26. The van der Waals surface area contributed by atoms with Crippen molar-refractivity contribution in [2.75, 3.05) is 11.9 Å². The van der Waals surface area contributed by atoms with Gasteiger partial charge in [-0.3, -0.25) is 4.79 Å². The molecule has 0 aliphatic rings. The maximum atomic E-state index is 12.2. The van der Waals surface area contributed by atoms with Crippen molar-refractivity contribution >= 4 is 27.5 Å². The molecule has 23 heavy (non-hydrogen) atoms. The summed E-state index contributed by atoms with van der Waals surface area (Å²) in [4.78, 5) is 12.2. The number of amides is 1. The van der Waals surface area contributed by atoms with Crippen molar-refractivity contribution in [2.24, 2.45) is 0 Å². The van der Waals surface area contributed by atoms with Crippen molar-refractivity contribution in [3.63, 3.8) is 0 Å². The van der Waals surface area contributed by atoms with Crippen molar-refractivity contribution in [1.29, 1.82) is 0 Å². The van der Waals surface area contributed by atoms with E-state index in [-0.39, 0.29) is 5.91 Å². The number of unbranched alkanes of at least 4 members (excludes halogenated alkanes) is 3. The first-order valence-corrected chi connectivity index (χ1v) is 8.78. The number of nitrogens with one attached hydrogen (secondary N) is 1. The molecule has 0 atom stereocenters. The van der Waals surface area contributed by atoms with Crippen molar-refractivity contribution in [1.82, 2.24) is 0 Å². The van der Waals surface area contributed by atoms with Crippen molar-refractivity contribution < 1.29 is 9.53 Å². The fraction of sp³-hybridized carbons (Fsp3) is 0.316. The minimum Gasteiger partial charge on any atom is -0.492 e. The van der Waals surface area contributed by atoms with Crippen molar-refractivity contribution in [3.05, 3.63) is 58.6 Å². The van der Waals surface area contributed by atoms with Gasteiger partial charge in [0, 0.05) is 11.3 Å². The predicted molar refractivity (Wildman–Crippen MR) is 98.2 cm³/mol. The molecule has 4 heteroatoms.